The summed E-state index contributed by atoms with van der Waals surface area (Å²) in [6.45, 7) is 1.06. The molecule has 1 fully saturated rings. The number of fused-ring (bicyclic) bond motifs is 1. The molecule has 21 heavy (non-hydrogen) atoms. The predicted molar refractivity (Wildman–Crippen MR) is 83.9 cm³/mol. The van der Waals surface area contributed by atoms with Crippen LogP contribution in [0.5, 0.6) is 0 Å². The zero-order valence-electron chi connectivity index (χ0n) is 12.1. The van der Waals surface area contributed by atoms with Crippen molar-refractivity contribution in [1.29, 1.82) is 0 Å². The summed E-state index contributed by atoms with van der Waals surface area (Å²) < 4.78 is 2.12. The lowest BCUT2D eigenvalue weighted by Crippen LogP contribution is -2.14. The third kappa shape index (κ3) is 2.46. The van der Waals surface area contributed by atoms with Crippen molar-refractivity contribution in [3.8, 4) is 11.3 Å². The lowest BCUT2D eigenvalue weighted by molar-refractivity contribution is 0.308. The fraction of sp³-hybridized carbons (Fsp3) is 0.412. The minimum atomic E-state index is 0.802. The molecule has 0 saturated heterocycles. The fourth-order valence-electron chi connectivity index (χ4n) is 3.43. The minimum Gasteiger partial charge on any atom is -0.346 e. The van der Waals surface area contributed by atoms with Gasteiger partial charge in [0.15, 0.2) is 0 Å². The van der Waals surface area contributed by atoms with Gasteiger partial charge in [0, 0.05) is 36.1 Å². The molecule has 1 N–H and O–H groups in total. The molecule has 108 valence electrons. The smallest absolute Gasteiger partial charge is 0.137 e. The average Bonchev–Trinajstić information content (AvgIpc) is 3.16. The Hall–Kier alpha value is -2.10. The number of aromatic nitrogens is 4. The van der Waals surface area contributed by atoms with E-state index in [2.05, 4.69) is 33.0 Å². The van der Waals surface area contributed by atoms with Crippen molar-refractivity contribution in [2.45, 2.75) is 38.6 Å². The lowest BCUT2D eigenvalue weighted by atomic mass is 9.89. The maximum absolute atomic E-state index is 4.78. The molecule has 4 nitrogen and oxygen atoms in total. The van der Waals surface area contributed by atoms with Gasteiger partial charge in [-0.3, -0.25) is 4.68 Å². The summed E-state index contributed by atoms with van der Waals surface area (Å²) >= 11 is 0. The van der Waals surface area contributed by atoms with E-state index in [0.717, 1.165) is 34.8 Å². The van der Waals surface area contributed by atoms with Crippen molar-refractivity contribution in [3.05, 3.63) is 36.8 Å². The quantitative estimate of drug-likeness (QED) is 0.788. The number of nitrogens with one attached hydrogen (secondary N) is 1. The molecular weight excluding hydrogens is 260 g/mol. The van der Waals surface area contributed by atoms with Crippen LogP contribution in [-0.2, 0) is 6.54 Å². The molecule has 0 aliphatic heterocycles. The molecule has 0 amide bonds. The number of aromatic amines is 1. The van der Waals surface area contributed by atoms with Crippen molar-refractivity contribution < 1.29 is 0 Å². The van der Waals surface area contributed by atoms with Gasteiger partial charge < -0.3 is 4.98 Å². The molecule has 0 radical (unpaired) electrons. The first kappa shape index (κ1) is 12.6. The molecule has 0 atom stereocenters. The van der Waals surface area contributed by atoms with Gasteiger partial charge in [-0.1, -0.05) is 19.3 Å². The maximum Gasteiger partial charge on any atom is 0.137 e. The molecular formula is C17H20N4. The number of pyridine rings is 1. The molecule has 0 aromatic carbocycles. The topological polar surface area (TPSA) is 46.5 Å². The summed E-state index contributed by atoms with van der Waals surface area (Å²) in [4.78, 5) is 7.49. The van der Waals surface area contributed by atoms with Crippen molar-refractivity contribution in [2.75, 3.05) is 0 Å². The number of hydrogen-bond acceptors (Lipinski definition) is 2. The van der Waals surface area contributed by atoms with Crippen LogP contribution in [0.1, 0.15) is 32.1 Å². The molecule has 0 spiro atoms. The van der Waals surface area contributed by atoms with Crippen molar-refractivity contribution >= 4 is 11.0 Å². The SMILES string of the molecule is c1cc(-c2ccn(CC3CCCCC3)n2)c2cc[nH]c2n1. The van der Waals surface area contributed by atoms with Crippen LogP contribution in [0.2, 0.25) is 0 Å². The van der Waals surface area contributed by atoms with Crippen molar-refractivity contribution in [3.63, 3.8) is 0 Å². The zero-order chi connectivity index (χ0) is 14.1. The van der Waals surface area contributed by atoms with Gasteiger partial charge in [0.2, 0.25) is 0 Å². The lowest BCUT2D eigenvalue weighted by Gasteiger charge is -2.21. The van der Waals surface area contributed by atoms with Crippen LogP contribution < -0.4 is 0 Å². The third-order valence-corrected chi connectivity index (χ3v) is 4.55. The van der Waals surface area contributed by atoms with Crippen LogP contribution >= 0.6 is 0 Å². The summed E-state index contributed by atoms with van der Waals surface area (Å²) in [5.74, 6) is 0.802. The monoisotopic (exact) mass is 280 g/mol. The first-order valence-corrected chi connectivity index (χ1v) is 7.86. The summed E-state index contributed by atoms with van der Waals surface area (Å²) in [5.41, 5.74) is 3.12. The van der Waals surface area contributed by atoms with E-state index in [1.54, 1.807) is 0 Å². The third-order valence-electron chi connectivity index (χ3n) is 4.55. The molecule has 0 bridgehead atoms. The Kier molecular flexibility index (Phi) is 3.22. The van der Waals surface area contributed by atoms with Crippen molar-refractivity contribution in [2.24, 2.45) is 5.92 Å². The predicted octanol–water partition coefficient (Wildman–Crippen LogP) is 4.01. The summed E-state index contributed by atoms with van der Waals surface area (Å²) in [7, 11) is 0. The van der Waals surface area contributed by atoms with Gasteiger partial charge in [-0.2, -0.15) is 5.10 Å². The average molecular weight is 280 g/mol. The Bertz CT molecular complexity index is 734. The van der Waals surface area contributed by atoms with E-state index in [-0.39, 0.29) is 0 Å². The maximum atomic E-state index is 4.78. The van der Waals surface area contributed by atoms with Gasteiger partial charge in [0.25, 0.3) is 0 Å². The van der Waals surface area contributed by atoms with Crippen LogP contribution in [-0.4, -0.2) is 19.7 Å². The zero-order valence-corrected chi connectivity index (χ0v) is 12.1. The molecule has 1 aliphatic carbocycles. The van der Waals surface area contributed by atoms with E-state index in [4.69, 9.17) is 5.10 Å². The van der Waals surface area contributed by atoms with Gasteiger partial charge in [-0.05, 0) is 37.0 Å². The van der Waals surface area contributed by atoms with Crippen LogP contribution in [0.3, 0.4) is 0 Å². The summed E-state index contributed by atoms with van der Waals surface area (Å²) in [6.07, 6.45) is 12.8. The number of rotatable bonds is 3. The second kappa shape index (κ2) is 5.35. The van der Waals surface area contributed by atoms with E-state index in [9.17, 15) is 0 Å². The second-order valence-electron chi connectivity index (χ2n) is 6.03. The van der Waals surface area contributed by atoms with Crippen LogP contribution in [0.4, 0.5) is 0 Å². The number of nitrogens with zero attached hydrogens (tertiary/aromatic N) is 3. The normalized spacial score (nSPS) is 16.6. The Morgan fingerprint density at radius 3 is 2.95 bits per heavy atom. The van der Waals surface area contributed by atoms with Crippen LogP contribution in [0.25, 0.3) is 22.3 Å². The van der Waals surface area contributed by atoms with E-state index in [1.165, 1.54) is 32.1 Å². The number of H-pyrrole nitrogens is 1. The van der Waals surface area contributed by atoms with Gasteiger partial charge in [-0.15, -0.1) is 0 Å². The van der Waals surface area contributed by atoms with Crippen LogP contribution in [0, 0.1) is 5.92 Å². The molecule has 0 unspecified atom stereocenters. The Balaban J connectivity index is 1.60. The summed E-state index contributed by atoms with van der Waals surface area (Å²) in [6, 6.07) is 6.23. The first-order valence-electron chi connectivity index (χ1n) is 7.86. The first-order chi connectivity index (χ1) is 10.4. The molecule has 4 heteroatoms. The highest BCUT2D eigenvalue weighted by atomic mass is 15.3. The standard InChI is InChI=1S/C17H20N4/c1-2-4-13(5-3-1)12-21-11-8-16(20-21)14-6-9-18-17-15(14)7-10-19-17/h6-11,13H,1-5,12H2,(H,18,19). The Morgan fingerprint density at radius 1 is 1.14 bits per heavy atom. The molecule has 4 rings (SSSR count). The minimum absolute atomic E-state index is 0.802. The van der Waals surface area contributed by atoms with Crippen LogP contribution in [0.15, 0.2) is 36.8 Å². The molecule has 3 heterocycles. The van der Waals surface area contributed by atoms with Gasteiger partial charge in [0.05, 0.1) is 5.69 Å². The Morgan fingerprint density at radius 2 is 2.05 bits per heavy atom. The van der Waals surface area contributed by atoms with E-state index in [0.29, 0.717) is 0 Å². The van der Waals surface area contributed by atoms with Gasteiger partial charge in [0.1, 0.15) is 5.65 Å². The van der Waals surface area contributed by atoms with Gasteiger partial charge in [-0.25, -0.2) is 4.98 Å². The van der Waals surface area contributed by atoms with E-state index < -0.39 is 0 Å². The highest BCUT2D eigenvalue weighted by Gasteiger charge is 2.15. The van der Waals surface area contributed by atoms with Gasteiger partial charge >= 0.3 is 0 Å². The molecule has 3 aromatic heterocycles. The highest BCUT2D eigenvalue weighted by molar-refractivity contribution is 5.91. The second-order valence-corrected chi connectivity index (χ2v) is 6.03. The molecule has 1 saturated carbocycles. The van der Waals surface area contributed by atoms with E-state index >= 15 is 0 Å². The molecule has 3 aromatic rings. The highest BCUT2D eigenvalue weighted by Crippen LogP contribution is 2.27. The molecule has 1 aliphatic rings. The largest absolute Gasteiger partial charge is 0.346 e. The fourth-order valence-corrected chi connectivity index (χ4v) is 3.43. The van der Waals surface area contributed by atoms with Crippen molar-refractivity contribution in [1.82, 2.24) is 19.7 Å². The Labute approximate surface area is 124 Å². The van der Waals surface area contributed by atoms with E-state index in [1.807, 2.05) is 18.5 Å². The number of hydrogen-bond donors (Lipinski definition) is 1. The summed E-state index contributed by atoms with van der Waals surface area (Å²) in [5, 5.41) is 5.92.